The molecule has 8 heteroatoms. The van der Waals surface area contributed by atoms with Gasteiger partial charge in [0.05, 0.1) is 11.4 Å². The zero-order valence-corrected chi connectivity index (χ0v) is 56.4. The Labute approximate surface area is 601 Å². The average molecular weight is 1330 g/mol. The molecule has 13 aromatic carbocycles. The van der Waals surface area contributed by atoms with Crippen LogP contribution in [0.3, 0.4) is 0 Å². The Morgan fingerprint density at radius 1 is 0.163 bits per heavy atom. The standard InChI is InChI=1S/C50H32N4.C46H30N4/c1-2-12-40-37(9-1)29-47(45-16-6-4-13-42(40)45)34-19-23-36(24-20-34)50-53-32-48(49(54-50)35-21-17-33(18-22-35)38-10-7-27-51-30-38)46-26-25-41(39-11-8-28-52-31-39)43-14-3-5-15-44(43)46;1-2-10-38-34(7-1)8-5-13-39(38)42-22-23-43(41-12-4-3-11-40(41)42)46-49-30-44(35-18-14-32(15-19-35)37-9-6-26-48-29-37)45(50-46)36-20-16-31(17-21-36)33-24-27-47-28-25-33/h1-32H;1-30H. The second kappa shape index (κ2) is 27.6. The van der Waals surface area contributed by atoms with E-state index in [1.165, 1.54) is 54.4 Å². The third kappa shape index (κ3) is 12.0. The van der Waals surface area contributed by atoms with Crippen molar-refractivity contribution in [3.05, 3.63) is 377 Å². The van der Waals surface area contributed by atoms with Crippen molar-refractivity contribution >= 4 is 53.9 Å². The molecular weight excluding hydrogens is 1270 g/mol. The van der Waals surface area contributed by atoms with E-state index in [0.29, 0.717) is 11.6 Å². The highest BCUT2D eigenvalue weighted by molar-refractivity contribution is 6.14. The van der Waals surface area contributed by atoms with Crippen molar-refractivity contribution < 1.29 is 0 Å². The van der Waals surface area contributed by atoms with E-state index in [2.05, 4.69) is 305 Å². The van der Waals surface area contributed by atoms with E-state index in [4.69, 9.17) is 19.9 Å². The van der Waals surface area contributed by atoms with E-state index in [1.807, 2.05) is 79.9 Å². The fourth-order valence-corrected chi connectivity index (χ4v) is 14.6. The first-order chi connectivity index (χ1) is 51.6. The molecule has 6 aromatic heterocycles. The molecule has 0 radical (unpaired) electrons. The Bertz CT molecular complexity index is 6350. The lowest BCUT2D eigenvalue weighted by Crippen LogP contribution is -1.97. The molecule has 8 nitrogen and oxygen atoms in total. The molecule has 0 N–H and O–H groups in total. The Morgan fingerprint density at radius 2 is 0.548 bits per heavy atom. The fourth-order valence-electron chi connectivity index (χ4n) is 14.6. The van der Waals surface area contributed by atoms with Gasteiger partial charge in [0.1, 0.15) is 0 Å². The Balaban J connectivity index is 0.000000149. The van der Waals surface area contributed by atoms with Crippen LogP contribution in [0.2, 0.25) is 0 Å². The molecule has 19 aromatic rings. The first-order valence-corrected chi connectivity index (χ1v) is 34.8. The summed E-state index contributed by atoms with van der Waals surface area (Å²) in [6.07, 6.45) is 18.7. The number of nitrogens with zero attached hydrogens (tertiary/aromatic N) is 8. The molecule has 486 valence electrons. The molecule has 0 aliphatic carbocycles. The van der Waals surface area contributed by atoms with Crippen LogP contribution in [0.25, 0.3) is 188 Å². The summed E-state index contributed by atoms with van der Waals surface area (Å²) < 4.78 is 0. The molecule has 6 heterocycles. The average Bonchev–Trinajstić information content (AvgIpc) is 0.772. The van der Waals surface area contributed by atoms with Crippen LogP contribution in [-0.2, 0) is 0 Å². The summed E-state index contributed by atoms with van der Waals surface area (Å²) in [6, 6.07) is 111. The maximum atomic E-state index is 5.34. The van der Waals surface area contributed by atoms with Crippen LogP contribution in [0.5, 0.6) is 0 Å². The van der Waals surface area contributed by atoms with Gasteiger partial charge in [0.25, 0.3) is 0 Å². The van der Waals surface area contributed by atoms with Crippen LogP contribution in [-0.4, -0.2) is 39.9 Å². The summed E-state index contributed by atoms with van der Waals surface area (Å²) in [4.78, 5) is 37.9. The van der Waals surface area contributed by atoms with E-state index in [0.717, 1.165) is 122 Å². The van der Waals surface area contributed by atoms with E-state index in [-0.39, 0.29) is 0 Å². The van der Waals surface area contributed by atoms with Crippen molar-refractivity contribution in [1.82, 2.24) is 39.9 Å². The van der Waals surface area contributed by atoms with Gasteiger partial charge in [0.15, 0.2) is 11.6 Å². The fraction of sp³-hybridized carbons (Fsp3) is 0. The van der Waals surface area contributed by atoms with Crippen LogP contribution in [0.4, 0.5) is 0 Å². The Kier molecular flexibility index (Phi) is 16.5. The predicted molar refractivity (Wildman–Crippen MR) is 428 cm³/mol. The van der Waals surface area contributed by atoms with Crippen molar-refractivity contribution in [3.8, 4) is 134 Å². The van der Waals surface area contributed by atoms with Crippen molar-refractivity contribution in [2.24, 2.45) is 0 Å². The SMILES string of the molecule is c1cncc(-c2ccc(-c3cnc(-c4ccc(-c5cccc6ccccc56)c5ccccc45)nc3-c3ccc(-c4ccncc4)cc3)cc2)c1.c1cncc(-c2ccc(-c3nc(-c4ccc(-c5cc6ccccc6c6ccccc56)cc4)ncc3-c3ccc(-c4cccnc4)c4ccccc34)cc2)c1. The van der Waals surface area contributed by atoms with Gasteiger partial charge < -0.3 is 0 Å². The zero-order valence-electron chi connectivity index (χ0n) is 56.4. The number of aromatic nitrogens is 8. The van der Waals surface area contributed by atoms with Crippen molar-refractivity contribution in [2.45, 2.75) is 0 Å². The van der Waals surface area contributed by atoms with Gasteiger partial charge in [-0.3, -0.25) is 19.9 Å². The monoisotopic (exact) mass is 1330 g/mol. The minimum atomic E-state index is 0.677. The Morgan fingerprint density at radius 3 is 1.14 bits per heavy atom. The number of benzene rings is 13. The lowest BCUT2D eigenvalue weighted by Gasteiger charge is -2.16. The molecule has 0 bridgehead atoms. The predicted octanol–water partition coefficient (Wildman–Crippen LogP) is 24.3. The highest BCUT2D eigenvalue weighted by atomic mass is 14.9. The summed E-state index contributed by atoms with van der Waals surface area (Å²) in [6.45, 7) is 0. The highest BCUT2D eigenvalue weighted by Crippen LogP contribution is 2.44. The van der Waals surface area contributed by atoms with Gasteiger partial charge in [-0.1, -0.05) is 273 Å². The largest absolute Gasteiger partial charge is 0.265 e. The molecule has 0 fully saturated rings. The topological polar surface area (TPSA) is 103 Å². The molecule has 0 atom stereocenters. The number of hydrogen-bond donors (Lipinski definition) is 0. The first-order valence-electron chi connectivity index (χ1n) is 34.8. The molecule has 104 heavy (non-hydrogen) atoms. The van der Waals surface area contributed by atoms with E-state index >= 15 is 0 Å². The van der Waals surface area contributed by atoms with Gasteiger partial charge in [0, 0.05) is 101 Å². The van der Waals surface area contributed by atoms with E-state index < -0.39 is 0 Å². The van der Waals surface area contributed by atoms with Gasteiger partial charge >= 0.3 is 0 Å². The maximum Gasteiger partial charge on any atom is 0.160 e. The van der Waals surface area contributed by atoms with Crippen LogP contribution >= 0.6 is 0 Å². The molecule has 0 spiro atoms. The molecular formula is C96H62N8. The molecule has 0 aliphatic heterocycles. The molecule has 0 saturated heterocycles. The molecule has 19 rings (SSSR count). The summed E-state index contributed by atoms with van der Waals surface area (Å²) >= 11 is 0. The minimum Gasteiger partial charge on any atom is -0.265 e. The van der Waals surface area contributed by atoms with Crippen molar-refractivity contribution in [2.75, 3.05) is 0 Å². The second-order valence-corrected chi connectivity index (χ2v) is 25.8. The summed E-state index contributed by atoms with van der Waals surface area (Å²) in [5, 5.41) is 12.0. The van der Waals surface area contributed by atoms with Crippen LogP contribution in [0, 0.1) is 0 Å². The van der Waals surface area contributed by atoms with Gasteiger partial charge in [-0.25, -0.2) is 19.9 Å². The molecule has 0 saturated carbocycles. The Hall–Kier alpha value is -14.1. The normalized spacial score (nSPS) is 11.3. The highest BCUT2D eigenvalue weighted by Gasteiger charge is 2.21. The van der Waals surface area contributed by atoms with Crippen molar-refractivity contribution in [1.29, 1.82) is 0 Å². The number of hydrogen-bond acceptors (Lipinski definition) is 8. The smallest absolute Gasteiger partial charge is 0.160 e. The third-order valence-electron chi connectivity index (χ3n) is 19.7. The first kappa shape index (κ1) is 62.2. The van der Waals surface area contributed by atoms with Crippen LogP contribution < -0.4 is 0 Å². The second-order valence-electron chi connectivity index (χ2n) is 25.8. The van der Waals surface area contributed by atoms with Crippen molar-refractivity contribution in [3.63, 3.8) is 0 Å². The molecule has 0 amide bonds. The minimum absolute atomic E-state index is 0.677. The number of fused-ring (bicyclic) bond motifs is 6. The molecule has 0 aliphatic rings. The summed E-state index contributed by atoms with van der Waals surface area (Å²) in [5.74, 6) is 1.37. The van der Waals surface area contributed by atoms with E-state index in [1.54, 1.807) is 12.4 Å². The lowest BCUT2D eigenvalue weighted by molar-refractivity contribution is 1.18. The maximum absolute atomic E-state index is 5.34. The van der Waals surface area contributed by atoms with Gasteiger partial charge in [-0.2, -0.15) is 0 Å². The summed E-state index contributed by atoms with van der Waals surface area (Å²) in [5.41, 5.74) is 23.4. The van der Waals surface area contributed by atoms with Gasteiger partial charge in [-0.05, 0) is 169 Å². The molecule has 0 unspecified atom stereocenters. The quantitative estimate of drug-likeness (QED) is 0.111. The van der Waals surface area contributed by atoms with E-state index in [9.17, 15) is 0 Å². The van der Waals surface area contributed by atoms with Gasteiger partial charge in [-0.15, -0.1) is 0 Å². The van der Waals surface area contributed by atoms with Gasteiger partial charge in [0.2, 0.25) is 0 Å². The zero-order chi connectivity index (χ0) is 69.1. The number of pyridine rings is 4. The van der Waals surface area contributed by atoms with Crippen LogP contribution in [0.15, 0.2) is 377 Å². The third-order valence-corrected chi connectivity index (χ3v) is 19.7. The summed E-state index contributed by atoms with van der Waals surface area (Å²) in [7, 11) is 0. The van der Waals surface area contributed by atoms with Crippen LogP contribution in [0.1, 0.15) is 0 Å². The lowest BCUT2D eigenvalue weighted by atomic mass is 9.91. The number of rotatable bonds is 12.